The van der Waals surface area contributed by atoms with Crippen molar-refractivity contribution in [1.29, 1.82) is 0 Å². The van der Waals surface area contributed by atoms with Crippen molar-refractivity contribution in [2.24, 2.45) is 5.92 Å². The fourth-order valence-electron chi connectivity index (χ4n) is 2.45. The normalized spacial score (nSPS) is 19.9. The van der Waals surface area contributed by atoms with Gasteiger partial charge in [-0.2, -0.15) is 5.10 Å². The molecule has 1 fully saturated rings. The quantitative estimate of drug-likeness (QED) is 0.873. The van der Waals surface area contributed by atoms with Gasteiger partial charge in [-0.15, -0.1) is 0 Å². The van der Waals surface area contributed by atoms with Crippen LogP contribution in [-0.4, -0.2) is 30.0 Å². The van der Waals surface area contributed by atoms with Crippen LogP contribution in [0.3, 0.4) is 0 Å². The molecule has 1 aliphatic heterocycles. The average Bonchev–Trinajstić information content (AvgIpc) is 2.99. The number of methoxy groups -OCH3 is 1. The fraction of sp³-hybridized carbons (Fsp3) is 0.462. The topological polar surface area (TPSA) is 39.1 Å². The van der Waals surface area contributed by atoms with Crippen molar-refractivity contribution < 1.29 is 4.74 Å². The highest BCUT2D eigenvalue weighted by Gasteiger charge is 2.16. The summed E-state index contributed by atoms with van der Waals surface area (Å²) < 4.78 is 7.32. The highest BCUT2D eigenvalue weighted by molar-refractivity contribution is 5.80. The van der Waals surface area contributed by atoms with Gasteiger partial charge in [-0.25, -0.2) is 0 Å². The first-order valence-electron chi connectivity index (χ1n) is 6.07. The molecule has 1 atom stereocenters. The van der Waals surface area contributed by atoms with Gasteiger partial charge in [0, 0.05) is 11.9 Å². The molecule has 1 N–H and O–H groups in total. The second-order valence-electron chi connectivity index (χ2n) is 4.61. The van der Waals surface area contributed by atoms with E-state index < -0.39 is 0 Å². The van der Waals surface area contributed by atoms with Crippen LogP contribution in [0.4, 0.5) is 0 Å². The monoisotopic (exact) mass is 231 g/mol. The maximum Gasteiger partial charge on any atom is 0.119 e. The SMILES string of the molecule is COc1ccc2c(cnn2CC2CCNC2)c1. The van der Waals surface area contributed by atoms with Crippen LogP contribution in [0.2, 0.25) is 0 Å². The number of hydrogen-bond donors (Lipinski definition) is 1. The third kappa shape index (κ3) is 2.00. The van der Waals surface area contributed by atoms with E-state index in [1.165, 1.54) is 11.9 Å². The lowest BCUT2D eigenvalue weighted by molar-refractivity contribution is 0.415. The summed E-state index contributed by atoms with van der Waals surface area (Å²) >= 11 is 0. The Bertz CT molecular complexity index is 514. The van der Waals surface area contributed by atoms with Crippen LogP contribution in [0.25, 0.3) is 10.9 Å². The summed E-state index contributed by atoms with van der Waals surface area (Å²) in [5.41, 5.74) is 1.19. The number of fused-ring (bicyclic) bond motifs is 1. The Kier molecular flexibility index (Phi) is 2.73. The Morgan fingerprint density at radius 2 is 2.47 bits per heavy atom. The van der Waals surface area contributed by atoms with Gasteiger partial charge in [-0.1, -0.05) is 0 Å². The first-order chi connectivity index (χ1) is 8.36. The molecule has 1 aromatic heterocycles. The summed E-state index contributed by atoms with van der Waals surface area (Å²) in [5, 5.41) is 9.01. The maximum absolute atomic E-state index is 5.22. The number of benzene rings is 1. The smallest absolute Gasteiger partial charge is 0.119 e. The predicted octanol–water partition coefficient (Wildman–Crippen LogP) is 1.65. The van der Waals surface area contributed by atoms with E-state index in [0.29, 0.717) is 5.92 Å². The molecule has 2 heterocycles. The predicted molar refractivity (Wildman–Crippen MR) is 67.3 cm³/mol. The van der Waals surface area contributed by atoms with E-state index in [9.17, 15) is 0 Å². The molecule has 0 amide bonds. The number of ether oxygens (including phenoxy) is 1. The van der Waals surface area contributed by atoms with Crippen molar-refractivity contribution in [3.8, 4) is 5.75 Å². The van der Waals surface area contributed by atoms with E-state index in [1.54, 1.807) is 7.11 Å². The van der Waals surface area contributed by atoms with Crippen LogP contribution in [-0.2, 0) is 6.54 Å². The molecule has 0 radical (unpaired) electrons. The molecule has 0 bridgehead atoms. The van der Waals surface area contributed by atoms with E-state index in [0.717, 1.165) is 30.8 Å². The number of hydrogen-bond acceptors (Lipinski definition) is 3. The highest BCUT2D eigenvalue weighted by atomic mass is 16.5. The Balaban J connectivity index is 1.89. The molecular weight excluding hydrogens is 214 g/mol. The van der Waals surface area contributed by atoms with Gasteiger partial charge in [0.1, 0.15) is 5.75 Å². The van der Waals surface area contributed by atoms with Crippen LogP contribution in [0, 0.1) is 5.92 Å². The van der Waals surface area contributed by atoms with E-state index in [4.69, 9.17) is 4.74 Å². The van der Waals surface area contributed by atoms with Crippen molar-refractivity contribution in [3.63, 3.8) is 0 Å². The Labute approximate surface area is 101 Å². The summed E-state index contributed by atoms with van der Waals surface area (Å²) in [5.74, 6) is 1.60. The third-order valence-corrected chi connectivity index (χ3v) is 3.44. The summed E-state index contributed by atoms with van der Waals surface area (Å²) in [7, 11) is 1.69. The first kappa shape index (κ1) is 10.6. The molecule has 0 aliphatic carbocycles. The van der Waals surface area contributed by atoms with Gasteiger partial charge in [0.15, 0.2) is 0 Å². The van der Waals surface area contributed by atoms with Crippen molar-refractivity contribution in [1.82, 2.24) is 15.1 Å². The molecule has 3 rings (SSSR count). The Morgan fingerprint density at radius 1 is 1.53 bits per heavy atom. The van der Waals surface area contributed by atoms with Crippen molar-refractivity contribution in [3.05, 3.63) is 24.4 Å². The molecule has 1 aromatic carbocycles. The zero-order chi connectivity index (χ0) is 11.7. The molecule has 4 nitrogen and oxygen atoms in total. The van der Waals surface area contributed by atoms with Crippen LogP contribution in [0.15, 0.2) is 24.4 Å². The first-order valence-corrected chi connectivity index (χ1v) is 6.07. The van der Waals surface area contributed by atoms with Crippen molar-refractivity contribution in [2.75, 3.05) is 20.2 Å². The standard InChI is InChI=1S/C13H17N3O/c1-17-12-2-3-13-11(6-12)8-15-16(13)9-10-4-5-14-7-10/h2-3,6,8,10,14H,4-5,7,9H2,1H3. The second kappa shape index (κ2) is 4.37. The summed E-state index contributed by atoms with van der Waals surface area (Å²) in [6.45, 7) is 3.25. The molecule has 0 spiro atoms. The van der Waals surface area contributed by atoms with Crippen LogP contribution >= 0.6 is 0 Å². The maximum atomic E-state index is 5.22. The van der Waals surface area contributed by atoms with Gasteiger partial charge in [-0.05, 0) is 43.6 Å². The average molecular weight is 231 g/mol. The van der Waals surface area contributed by atoms with Gasteiger partial charge in [0.25, 0.3) is 0 Å². The third-order valence-electron chi connectivity index (χ3n) is 3.44. The van der Waals surface area contributed by atoms with Crippen LogP contribution in [0.1, 0.15) is 6.42 Å². The zero-order valence-corrected chi connectivity index (χ0v) is 10.0. The zero-order valence-electron chi connectivity index (χ0n) is 10.0. The fourth-order valence-corrected chi connectivity index (χ4v) is 2.45. The number of nitrogens with one attached hydrogen (secondary N) is 1. The van der Waals surface area contributed by atoms with Gasteiger partial charge in [-0.3, -0.25) is 4.68 Å². The molecule has 90 valence electrons. The van der Waals surface area contributed by atoms with E-state index in [2.05, 4.69) is 21.2 Å². The van der Waals surface area contributed by atoms with E-state index >= 15 is 0 Å². The summed E-state index contributed by atoms with van der Waals surface area (Å²) in [4.78, 5) is 0. The second-order valence-corrected chi connectivity index (χ2v) is 4.61. The number of rotatable bonds is 3. The highest BCUT2D eigenvalue weighted by Crippen LogP contribution is 2.21. The minimum Gasteiger partial charge on any atom is -0.497 e. The van der Waals surface area contributed by atoms with Crippen molar-refractivity contribution in [2.45, 2.75) is 13.0 Å². The Hall–Kier alpha value is -1.55. The van der Waals surface area contributed by atoms with E-state index in [1.807, 2.05) is 18.3 Å². The van der Waals surface area contributed by atoms with Crippen molar-refractivity contribution >= 4 is 10.9 Å². The molecular formula is C13H17N3O. The molecule has 1 unspecified atom stereocenters. The van der Waals surface area contributed by atoms with Gasteiger partial charge in [0.05, 0.1) is 18.8 Å². The van der Waals surface area contributed by atoms with Gasteiger partial charge in [0.2, 0.25) is 0 Å². The molecule has 1 aliphatic rings. The lowest BCUT2D eigenvalue weighted by Crippen LogP contribution is -2.15. The van der Waals surface area contributed by atoms with Crippen LogP contribution in [0.5, 0.6) is 5.75 Å². The molecule has 17 heavy (non-hydrogen) atoms. The van der Waals surface area contributed by atoms with Gasteiger partial charge < -0.3 is 10.1 Å². The minimum atomic E-state index is 0.709. The molecule has 2 aromatic rings. The largest absolute Gasteiger partial charge is 0.497 e. The molecule has 4 heteroatoms. The van der Waals surface area contributed by atoms with E-state index in [-0.39, 0.29) is 0 Å². The minimum absolute atomic E-state index is 0.709. The summed E-state index contributed by atoms with van der Waals surface area (Å²) in [6, 6.07) is 6.11. The lowest BCUT2D eigenvalue weighted by atomic mass is 10.1. The number of nitrogens with zero attached hydrogens (tertiary/aromatic N) is 2. The molecule has 1 saturated heterocycles. The Morgan fingerprint density at radius 3 is 3.24 bits per heavy atom. The van der Waals surface area contributed by atoms with Gasteiger partial charge >= 0.3 is 0 Å². The van der Waals surface area contributed by atoms with Crippen LogP contribution < -0.4 is 10.1 Å². The molecule has 0 saturated carbocycles. The summed E-state index contributed by atoms with van der Waals surface area (Å²) in [6.07, 6.45) is 3.16. The number of aromatic nitrogens is 2. The lowest BCUT2D eigenvalue weighted by Gasteiger charge is -2.09.